The van der Waals surface area contributed by atoms with Crippen molar-refractivity contribution in [3.63, 3.8) is 0 Å². The average molecular weight is 401 g/mol. The number of ether oxygens (including phenoxy) is 1. The monoisotopic (exact) mass is 400 g/mol. The fourth-order valence-corrected chi connectivity index (χ4v) is 3.46. The van der Waals surface area contributed by atoms with Crippen LogP contribution in [0.25, 0.3) is 21.3 Å². The van der Waals surface area contributed by atoms with Crippen LogP contribution in [0.1, 0.15) is 6.42 Å². The molecule has 0 atom stereocenters. The highest BCUT2D eigenvalue weighted by atomic mass is 79.9. The molecule has 0 radical (unpaired) electrons. The number of hydrogen-bond acceptors (Lipinski definition) is 4. The number of nitrogens with zero attached hydrogens (tertiary/aromatic N) is 1. The molecule has 0 bridgehead atoms. The highest BCUT2D eigenvalue weighted by Gasteiger charge is 2.09. The Morgan fingerprint density at radius 1 is 1.21 bits per heavy atom. The first-order valence-corrected chi connectivity index (χ1v) is 9.27. The van der Waals surface area contributed by atoms with Gasteiger partial charge in [-0.2, -0.15) is 4.37 Å². The summed E-state index contributed by atoms with van der Waals surface area (Å²) in [6.45, 7) is 2.13. The van der Waals surface area contributed by atoms with Crippen LogP contribution in [0.2, 0.25) is 0 Å². The SMILES string of the molecule is C#CCNCCCOc1ccc2c(-c3ccc(Br)cc3)nsc2c1. The second-order valence-corrected chi connectivity index (χ2v) is 7.00. The van der Waals surface area contributed by atoms with Crippen LogP contribution in [0, 0.1) is 12.3 Å². The molecule has 0 saturated heterocycles. The molecular weight excluding hydrogens is 384 g/mol. The van der Waals surface area contributed by atoms with Crippen molar-refractivity contribution < 1.29 is 4.74 Å². The molecule has 3 aromatic rings. The molecule has 0 aliphatic heterocycles. The van der Waals surface area contributed by atoms with Gasteiger partial charge >= 0.3 is 0 Å². The quantitative estimate of drug-likeness (QED) is 0.460. The normalized spacial score (nSPS) is 10.7. The van der Waals surface area contributed by atoms with E-state index in [-0.39, 0.29) is 0 Å². The van der Waals surface area contributed by atoms with Crippen LogP contribution in [-0.2, 0) is 0 Å². The zero-order chi connectivity index (χ0) is 16.8. The molecule has 24 heavy (non-hydrogen) atoms. The summed E-state index contributed by atoms with van der Waals surface area (Å²) >= 11 is 4.96. The first kappa shape index (κ1) is 17.0. The highest BCUT2D eigenvalue weighted by Crippen LogP contribution is 2.33. The van der Waals surface area contributed by atoms with E-state index in [0.29, 0.717) is 13.2 Å². The van der Waals surface area contributed by atoms with Crippen molar-refractivity contribution in [2.24, 2.45) is 0 Å². The minimum absolute atomic E-state index is 0.603. The molecule has 0 unspecified atom stereocenters. The van der Waals surface area contributed by atoms with Gasteiger partial charge in [-0.05, 0) is 54.8 Å². The lowest BCUT2D eigenvalue weighted by molar-refractivity contribution is 0.309. The van der Waals surface area contributed by atoms with Gasteiger partial charge in [-0.1, -0.05) is 34.0 Å². The summed E-state index contributed by atoms with van der Waals surface area (Å²) in [7, 11) is 0. The predicted octanol–water partition coefficient (Wildman–Crippen LogP) is 4.72. The lowest BCUT2D eigenvalue weighted by Gasteiger charge is -2.06. The van der Waals surface area contributed by atoms with Gasteiger partial charge in [0.2, 0.25) is 0 Å². The van der Waals surface area contributed by atoms with Crippen molar-refractivity contribution in [1.29, 1.82) is 0 Å². The maximum Gasteiger partial charge on any atom is 0.120 e. The Hall–Kier alpha value is -1.87. The zero-order valence-electron chi connectivity index (χ0n) is 13.1. The minimum Gasteiger partial charge on any atom is -0.493 e. The molecule has 5 heteroatoms. The zero-order valence-corrected chi connectivity index (χ0v) is 15.5. The van der Waals surface area contributed by atoms with Gasteiger partial charge in [0.1, 0.15) is 5.75 Å². The minimum atomic E-state index is 0.603. The van der Waals surface area contributed by atoms with Crippen LogP contribution in [0.3, 0.4) is 0 Å². The van der Waals surface area contributed by atoms with Crippen LogP contribution in [0.5, 0.6) is 5.75 Å². The van der Waals surface area contributed by atoms with Crippen molar-refractivity contribution in [2.45, 2.75) is 6.42 Å². The first-order chi connectivity index (χ1) is 11.8. The van der Waals surface area contributed by atoms with Crippen LogP contribution in [0.4, 0.5) is 0 Å². The predicted molar refractivity (Wildman–Crippen MR) is 105 cm³/mol. The van der Waals surface area contributed by atoms with E-state index in [1.807, 2.05) is 18.2 Å². The molecule has 0 saturated carbocycles. The maximum atomic E-state index is 5.81. The van der Waals surface area contributed by atoms with Gasteiger partial charge in [0.25, 0.3) is 0 Å². The first-order valence-electron chi connectivity index (χ1n) is 7.70. The summed E-state index contributed by atoms with van der Waals surface area (Å²) in [5.74, 6) is 3.44. The Morgan fingerprint density at radius 3 is 2.83 bits per heavy atom. The number of hydrogen-bond donors (Lipinski definition) is 1. The molecule has 3 nitrogen and oxygen atoms in total. The fraction of sp³-hybridized carbons (Fsp3) is 0.211. The van der Waals surface area contributed by atoms with Crippen LogP contribution < -0.4 is 10.1 Å². The second-order valence-electron chi connectivity index (χ2n) is 5.28. The molecular formula is C19H17BrN2OS. The number of halogens is 1. The molecule has 1 N–H and O–H groups in total. The Bertz CT molecular complexity index is 852. The van der Waals surface area contributed by atoms with Gasteiger partial charge in [0.15, 0.2) is 0 Å². The molecule has 0 fully saturated rings. The molecule has 0 aliphatic rings. The molecule has 3 rings (SSSR count). The smallest absolute Gasteiger partial charge is 0.120 e. The van der Waals surface area contributed by atoms with Crippen molar-refractivity contribution in [1.82, 2.24) is 9.69 Å². The largest absolute Gasteiger partial charge is 0.493 e. The van der Waals surface area contributed by atoms with Gasteiger partial charge < -0.3 is 10.1 Å². The van der Waals surface area contributed by atoms with Crippen molar-refractivity contribution in [3.05, 3.63) is 46.9 Å². The van der Waals surface area contributed by atoms with E-state index in [9.17, 15) is 0 Å². The summed E-state index contributed by atoms with van der Waals surface area (Å²) in [6.07, 6.45) is 6.11. The molecule has 0 aliphatic carbocycles. The number of rotatable bonds is 7. The Labute approximate surface area is 154 Å². The highest BCUT2D eigenvalue weighted by molar-refractivity contribution is 9.10. The lowest BCUT2D eigenvalue weighted by Crippen LogP contribution is -2.17. The molecule has 2 aromatic carbocycles. The number of fused-ring (bicyclic) bond motifs is 1. The summed E-state index contributed by atoms with van der Waals surface area (Å²) in [4.78, 5) is 0. The van der Waals surface area contributed by atoms with Crippen LogP contribution >= 0.6 is 27.5 Å². The summed E-state index contributed by atoms with van der Waals surface area (Å²) in [5, 5.41) is 4.31. The maximum absolute atomic E-state index is 5.81. The third-order valence-electron chi connectivity index (χ3n) is 3.55. The van der Waals surface area contributed by atoms with Gasteiger partial charge in [0, 0.05) is 15.4 Å². The van der Waals surface area contributed by atoms with Crippen molar-refractivity contribution >= 4 is 37.5 Å². The molecule has 1 aromatic heterocycles. The third kappa shape index (κ3) is 4.15. The van der Waals surface area contributed by atoms with Gasteiger partial charge in [0.05, 0.1) is 23.5 Å². The second kappa shape index (κ2) is 8.29. The molecule has 0 spiro atoms. The van der Waals surface area contributed by atoms with E-state index in [1.165, 1.54) is 11.5 Å². The van der Waals surface area contributed by atoms with E-state index in [2.05, 4.69) is 55.8 Å². The van der Waals surface area contributed by atoms with Gasteiger partial charge in [-0.25, -0.2) is 0 Å². The number of nitrogens with one attached hydrogen (secondary N) is 1. The summed E-state index contributed by atoms with van der Waals surface area (Å²) in [6, 6.07) is 14.4. The Kier molecular flexibility index (Phi) is 5.86. The standard InChI is InChI=1S/C19H17BrN2OS/c1-2-10-21-11-3-12-23-16-8-9-17-18(13-16)24-22-19(17)14-4-6-15(20)7-5-14/h1,4-9,13,21H,3,10-12H2. The molecule has 1 heterocycles. The number of aromatic nitrogens is 1. The number of benzene rings is 2. The summed E-state index contributed by atoms with van der Waals surface area (Å²) < 4.78 is 12.6. The number of terminal acetylenes is 1. The van der Waals surface area contributed by atoms with Crippen molar-refractivity contribution in [3.8, 4) is 29.4 Å². The van der Waals surface area contributed by atoms with Gasteiger partial charge in [-0.15, -0.1) is 6.42 Å². The molecule has 0 amide bonds. The van der Waals surface area contributed by atoms with Gasteiger partial charge in [-0.3, -0.25) is 0 Å². The lowest BCUT2D eigenvalue weighted by atomic mass is 10.1. The van der Waals surface area contributed by atoms with E-state index in [0.717, 1.165) is 44.5 Å². The van der Waals surface area contributed by atoms with Crippen LogP contribution in [0.15, 0.2) is 46.9 Å². The van der Waals surface area contributed by atoms with Crippen molar-refractivity contribution in [2.75, 3.05) is 19.7 Å². The van der Waals surface area contributed by atoms with Crippen LogP contribution in [-0.4, -0.2) is 24.1 Å². The topological polar surface area (TPSA) is 34.1 Å². The Balaban J connectivity index is 1.67. The Morgan fingerprint density at radius 2 is 2.04 bits per heavy atom. The fourth-order valence-electron chi connectivity index (χ4n) is 2.37. The molecule has 122 valence electrons. The van der Waals surface area contributed by atoms with E-state index in [4.69, 9.17) is 11.2 Å². The van der Waals surface area contributed by atoms with E-state index in [1.54, 1.807) is 0 Å². The van der Waals surface area contributed by atoms with E-state index >= 15 is 0 Å². The third-order valence-corrected chi connectivity index (χ3v) is 4.89. The van der Waals surface area contributed by atoms with E-state index < -0.39 is 0 Å². The summed E-state index contributed by atoms with van der Waals surface area (Å²) in [5.41, 5.74) is 2.14. The average Bonchev–Trinajstić information content (AvgIpc) is 3.02.